The van der Waals surface area contributed by atoms with Crippen LogP contribution in [0.15, 0.2) is 83.8 Å². The second-order valence-electron chi connectivity index (χ2n) is 8.75. The van der Waals surface area contributed by atoms with Crippen molar-refractivity contribution in [3.05, 3.63) is 90.0 Å². The lowest BCUT2D eigenvalue weighted by Crippen LogP contribution is -2.46. The number of nitrogens with one attached hydrogen (secondary N) is 1. The molecule has 1 aliphatic rings. The summed E-state index contributed by atoms with van der Waals surface area (Å²) < 4.78 is 28.4. The molecule has 0 unspecified atom stereocenters. The Balaban J connectivity index is 1.42. The molecule has 0 aliphatic carbocycles. The first-order chi connectivity index (χ1) is 17.3. The van der Waals surface area contributed by atoms with E-state index < -0.39 is 16.0 Å². The minimum absolute atomic E-state index is 0.0810. The van der Waals surface area contributed by atoms with E-state index in [1.54, 1.807) is 43.3 Å². The van der Waals surface area contributed by atoms with Gasteiger partial charge in [-0.1, -0.05) is 36.4 Å². The minimum atomic E-state index is -3.83. The summed E-state index contributed by atoms with van der Waals surface area (Å²) in [6.45, 7) is 4.74. The van der Waals surface area contributed by atoms with Crippen LogP contribution in [0.2, 0.25) is 0 Å². The van der Waals surface area contributed by atoms with Gasteiger partial charge in [-0.3, -0.25) is 4.72 Å². The maximum absolute atomic E-state index is 12.9. The SMILES string of the molecule is Cc1ccccc1S(=O)(=O)Nc1ccc2nc(N3CCN(c4ccccc4)CC3)cc(C(=O)O)c2c1. The van der Waals surface area contributed by atoms with E-state index in [0.717, 1.165) is 18.8 Å². The number of aromatic carboxylic acids is 1. The molecule has 0 amide bonds. The summed E-state index contributed by atoms with van der Waals surface area (Å²) in [5.41, 5.74) is 2.64. The van der Waals surface area contributed by atoms with Gasteiger partial charge in [0.1, 0.15) is 5.82 Å². The van der Waals surface area contributed by atoms with Crippen LogP contribution >= 0.6 is 0 Å². The zero-order chi connectivity index (χ0) is 25.3. The average molecular weight is 503 g/mol. The predicted molar refractivity (Wildman–Crippen MR) is 142 cm³/mol. The van der Waals surface area contributed by atoms with Crippen LogP contribution in [0, 0.1) is 6.92 Å². The van der Waals surface area contributed by atoms with Crippen LogP contribution in [0.25, 0.3) is 10.9 Å². The van der Waals surface area contributed by atoms with E-state index in [2.05, 4.69) is 26.7 Å². The van der Waals surface area contributed by atoms with Crippen LogP contribution in [0.5, 0.6) is 0 Å². The van der Waals surface area contributed by atoms with Crippen molar-refractivity contribution in [3.63, 3.8) is 0 Å². The Morgan fingerprint density at radius 1 is 0.889 bits per heavy atom. The predicted octanol–water partition coefficient (Wildman–Crippen LogP) is 4.37. The van der Waals surface area contributed by atoms with Crippen molar-refractivity contribution in [2.24, 2.45) is 0 Å². The van der Waals surface area contributed by atoms with Crippen LogP contribution in [0.4, 0.5) is 17.2 Å². The maximum Gasteiger partial charge on any atom is 0.336 e. The average Bonchev–Trinajstić information content (AvgIpc) is 2.88. The van der Waals surface area contributed by atoms with Gasteiger partial charge in [0.05, 0.1) is 16.0 Å². The Bertz CT molecular complexity index is 1530. The number of piperazine rings is 1. The number of pyridine rings is 1. The summed E-state index contributed by atoms with van der Waals surface area (Å²) in [5, 5.41) is 10.3. The first kappa shape index (κ1) is 23.6. The van der Waals surface area contributed by atoms with Crippen molar-refractivity contribution in [1.29, 1.82) is 0 Å². The van der Waals surface area contributed by atoms with Gasteiger partial charge in [-0.25, -0.2) is 18.2 Å². The number of anilines is 3. The van der Waals surface area contributed by atoms with Crippen molar-refractivity contribution in [2.45, 2.75) is 11.8 Å². The lowest BCUT2D eigenvalue weighted by molar-refractivity contribution is 0.0699. The highest BCUT2D eigenvalue weighted by Gasteiger charge is 2.22. The zero-order valence-electron chi connectivity index (χ0n) is 19.8. The highest BCUT2D eigenvalue weighted by molar-refractivity contribution is 7.92. The molecule has 4 aromatic rings. The van der Waals surface area contributed by atoms with Gasteiger partial charge in [0.25, 0.3) is 10.0 Å². The molecule has 2 N–H and O–H groups in total. The molecule has 0 radical (unpaired) electrons. The van der Waals surface area contributed by atoms with E-state index in [1.165, 1.54) is 12.1 Å². The van der Waals surface area contributed by atoms with Gasteiger partial charge >= 0.3 is 5.97 Å². The molecule has 1 aromatic heterocycles. The number of aromatic nitrogens is 1. The summed E-state index contributed by atoms with van der Waals surface area (Å²) in [4.78, 5) is 21.4. The van der Waals surface area contributed by atoms with Crippen molar-refractivity contribution < 1.29 is 18.3 Å². The molecule has 2 heterocycles. The topological polar surface area (TPSA) is 103 Å². The van der Waals surface area contributed by atoms with Crippen LogP contribution in [-0.4, -0.2) is 50.7 Å². The molecule has 3 aromatic carbocycles. The third-order valence-corrected chi connectivity index (χ3v) is 7.93. The number of carboxylic acids is 1. The Morgan fingerprint density at radius 2 is 1.56 bits per heavy atom. The highest BCUT2D eigenvalue weighted by Crippen LogP contribution is 2.28. The molecule has 9 heteroatoms. The number of rotatable bonds is 6. The third-order valence-electron chi connectivity index (χ3n) is 6.39. The lowest BCUT2D eigenvalue weighted by Gasteiger charge is -2.37. The van der Waals surface area contributed by atoms with Gasteiger partial charge in [-0.15, -0.1) is 0 Å². The minimum Gasteiger partial charge on any atom is -0.478 e. The second-order valence-corrected chi connectivity index (χ2v) is 10.4. The van der Waals surface area contributed by atoms with Crippen molar-refractivity contribution in [2.75, 3.05) is 40.7 Å². The van der Waals surface area contributed by atoms with Gasteiger partial charge < -0.3 is 14.9 Å². The summed E-state index contributed by atoms with van der Waals surface area (Å²) in [5.74, 6) is -0.494. The van der Waals surface area contributed by atoms with Crippen molar-refractivity contribution in [1.82, 2.24) is 4.98 Å². The van der Waals surface area contributed by atoms with E-state index >= 15 is 0 Å². The summed E-state index contributed by atoms with van der Waals surface area (Å²) in [7, 11) is -3.83. The molecule has 8 nitrogen and oxygen atoms in total. The number of hydrogen-bond donors (Lipinski definition) is 2. The standard InChI is InChI=1S/C27H26N4O4S/c1-19-7-5-6-10-25(19)36(34,35)29-20-11-12-24-22(17-20)23(27(32)33)18-26(28-24)31-15-13-30(14-16-31)21-8-3-2-4-9-21/h2-12,17-18,29H,13-16H2,1H3,(H,32,33). The summed E-state index contributed by atoms with van der Waals surface area (Å²) in [6.07, 6.45) is 0. The molecule has 0 saturated carbocycles. The maximum atomic E-state index is 12.9. The highest BCUT2D eigenvalue weighted by atomic mass is 32.2. The smallest absolute Gasteiger partial charge is 0.336 e. The lowest BCUT2D eigenvalue weighted by atomic mass is 10.1. The van der Waals surface area contributed by atoms with Gasteiger partial charge in [0.2, 0.25) is 0 Å². The number of sulfonamides is 1. The van der Waals surface area contributed by atoms with E-state index in [0.29, 0.717) is 35.4 Å². The number of fused-ring (bicyclic) bond motifs is 1. The van der Waals surface area contributed by atoms with Gasteiger partial charge in [0.15, 0.2) is 0 Å². The molecule has 0 spiro atoms. The quantitative estimate of drug-likeness (QED) is 0.404. The van der Waals surface area contributed by atoms with E-state index in [4.69, 9.17) is 4.98 Å². The molecule has 5 rings (SSSR count). The zero-order valence-corrected chi connectivity index (χ0v) is 20.6. The van der Waals surface area contributed by atoms with Gasteiger partial charge in [-0.2, -0.15) is 0 Å². The molecule has 0 atom stereocenters. The molecular formula is C27H26N4O4S. The first-order valence-electron chi connectivity index (χ1n) is 11.6. The summed E-state index contributed by atoms with van der Waals surface area (Å²) >= 11 is 0. The molecule has 0 bridgehead atoms. The van der Waals surface area contributed by atoms with Crippen LogP contribution in [-0.2, 0) is 10.0 Å². The molecule has 1 saturated heterocycles. The fourth-order valence-corrected chi connectivity index (χ4v) is 5.81. The Hall–Kier alpha value is -4.11. The van der Waals surface area contributed by atoms with Crippen molar-refractivity contribution in [3.8, 4) is 0 Å². The monoisotopic (exact) mass is 502 g/mol. The number of nitrogens with zero attached hydrogens (tertiary/aromatic N) is 3. The van der Waals surface area contributed by atoms with E-state index in [9.17, 15) is 18.3 Å². The van der Waals surface area contributed by atoms with Crippen LogP contribution in [0.3, 0.4) is 0 Å². The molecule has 184 valence electrons. The van der Waals surface area contributed by atoms with E-state index in [1.807, 2.05) is 18.2 Å². The fourth-order valence-electron chi connectivity index (χ4n) is 4.51. The number of carboxylic acid groups (broad SMARTS) is 1. The third kappa shape index (κ3) is 4.70. The second kappa shape index (κ2) is 9.50. The van der Waals surface area contributed by atoms with Crippen LogP contribution in [0.1, 0.15) is 15.9 Å². The Kier molecular flexibility index (Phi) is 6.24. The Labute approximate surface area is 209 Å². The first-order valence-corrected chi connectivity index (χ1v) is 13.1. The van der Waals surface area contributed by atoms with Gasteiger partial charge in [0, 0.05) is 42.9 Å². The van der Waals surface area contributed by atoms with Crippen LogP contribution < -0.4 is 14.5 Å². The van der Waals surface area contributed by atoms with Crippen molar-refractivity contribution >= 4 is 44.1 Å². The molecule has 36 heavy (non-hydrogen) atoms. The number of benzene rings is 3. The summed E-state index contributed by atoms with van der Waals surface area (Å²) in [6, 6.07) is 23.2. The molecule has 1 aliphatic heterocycles. The number of para-hydroxylation sites is 1. The van der Waals surface area contributed by atoms with Gasteiger partial charge in [-0.05, 0) is 55.0 Å². The largest absolute Gasteiger partial charge is 0.478 e. The normalized spacial score (nSPS) is 14.1. The Morgan fingerprint density at radius 3 is 2.25 bits per heavy atom. The molecular weight excluding hydrogens is 476 g/mol. The number of hydrogen-bond acceptors (Lipinski definition) is 6. The molecule has 1 fully saturated rings. The van der Waals surface area contributed by atoms with E-state index in [-0.39, 0.29) is 16.1 Å². The number of carbonyl (C=O) groups is 1. The fraction of sp³-hybridized carbons (Fsp3) is 0.185. The number of aryl methyl sites for hydroxylation is 1.